The largest absolute Gasteiger partial charge is 0.494 e. The molecule has 0 bridgehead atoms. The predicted molar refractivity (Wildman–Crippen MR) is 131 cm³/mol. The van der Waals surface area contributed by atoms with Crippen LogP contribution in [0.3, 0.4) is 0 Å². The van der Waals surface area contributed by atoms with Crippen molar-refractivity contribution in [1.29, 1.82) is 0 Å². The van der Waals surface area contributed by atoms with Crippen molar-refractivity contribution in [2.45, 2.75) is 45.4 Å². The number of hydrogen-bond acceptors (Lipinski definition) is 3. The number of rotatable bonds is 5. The maximum atomic E-state index is 6.21. The van der Waals surface area contributed by atoms with Gasteiger partial charge in [-0.1, -0.05) is 54.2 Å². The van der Waals surface area contributed by atoms with E-state index < -0.39 is 0 Å². The van der Waals surface area contributed by atoms with Crippen molar-refractivity contribution in [3.05, 3.63) is 78.9 Å². The second-order valence-electron chi connectivity index (χ2n) is 8.87. The molecule has 1 aliphatic rings. The summed E-state index contributed by atoms with van der Waals surface area (Å²) in [7, 11) is -0.498. The molecule has 3 aromatic rings. The molecule has 5 heteroatoms. The molecule has 3 nitrogen and oxygen atoms in total. The van der Waals surface area contributed by atoms with E-state index in [0.717, 1.165) is 22.5 Å². The third-order valence-corrected chi connectivity index (χ3v) is 7.58. The minimum Gasteiger partial charge on any atom is -0.399 e. The van der Waals surface area contributed by atoms with Gasteiger partial charge in [0, 0.05) is 17.1 Å². The molecular weight excluding hydrogens is 385 g/mol. The second kappa shape index (κ2) is 8.06. The fourth-order valence-electron chi connectivity index (χ4n) is 3.66. The van der Waals surface area contributed by atoms with Crippen LogP contribution in [-0.2, 0) is 9.31 Å². The minimum absolute atomic E-state index is 0.154. The molecule has 0 aliphatic carbocycles. The van der Waals surface area contributed by atoms with Crippen LogP contribution in [0.25, 0.3) is 0 Å². The zero-order valence-electron chi connectivity index (χ0n) is 18.6. The summed E-state index contributed by atoms with van der Waals surface area (Å²) in [6.45, 7) is 10.7. The summed E-state index contributed by atoms with van der Waals surface area (Å²) in [5, 5.41) is 1.47. The summed E-state index contributed by atoms with van der Waals surface area (Å²) in [5.74, 6) is 0. The molecule has 0 aromatic heterocycles. The van der Waals surface area contributed by atoms with Crippen LogP contribution in [0.1, 0.15) is 27.7 Å². The van der Waals surface area contributed by atoms with Crippen molar-refractivity contribution >= 4 is 44.3 Å². The molecule has 0 amide bonds. The highest BCUT2D eigenvalue weighted by molar-refractivity contribution is 6.62. The van der Waals surface area contributed by atoms with Gasteiger partial charge in [-0.2, -0.15) is 0 Å². The van der Waals surface area contributed by atoms with Crippen LogP contribution < -0.4 is 15.5 Å². The summed E-state index contributed by atoms with van der Waals surface area (Å²) >= 11 is 0. The summed E-state index contributed by atoms with van der Waals surface area (Å²) < 4.78 is 12.4. The molecule has 0 N–H and O–H groups in total. The molecule has 0 spiro atoms. The van der Waals surface area contributed by atoms with Crippen molar-refractivity contribution in [2.75, 3.05) is 4.90 Å². The number of hydrogen-bond donors (Lipinski definition) is 0. The average Bonchev–Trinajstić information content (AvgIpc) is 2.97. The van der Waals surface area contributed by atoms with Crippen molar-refractivity contribution in [2.24, 2.45) is 0 Å². The van der Waals surface area contributed by atoms with Crippen LogP contribution in [0.2, 0.25) is 6.55 Å². The molecule has 1 heterocycles. The fraction of sp³-hybridized carbons (Fsp3) is 0.280. The smallest absolute Gasteiger partial charge is 0.399 e. The van der Waals surface area contributed by atoms with E-state index in [1.54, 1.807) is 0 Å². The number of anilines is 3. The third-order valence-electron chi connectivity index (χ3n) is 6.29. The van der Waals surface area contributed by atoms with E-state index in [2.05, 4.69) is 118 Å². The molecule has 0 radical (unpaired) electrons. The highest BCUT2D eigenvalue weighted by atomic mass is 28.2. The summed E-state index contributed by atoms with van der Waals surface area (Å²) in [6, 6.07) is 28.0. The topological polar surface area (TPSA) is 21.7 Å². The van der Waals surface area contributed by atoms with Crippen LogP contribution in [0.4, 0.5) is 17.1 Å². The van der Waals surface area contributed by atoms with Crippen LogP contribution >= 0.6 is 0 Å². The lowest BCUT2D eigenvalue weighted by atomic mass is 9.79. The molecule has 1 fully saturated rings. The maximum Gasteiger partial charge on any atom is 0.494 e. The van der Waals surface area contributed by atoms with E-state index in [1.165, 1.54) is 5.19 Å². The minimum atomic E-state index is -0.344. The van der Waals surface area contributed by atoms with Crippen molar-refractivity contribution in [3.8, 4) is 0 Å². The molecular formula is C25H30BNO2Si. The molecule has 3 aromatic carbocycles. The van der Waals surface area contributed by atoms with Crippen LogP contribution in [0, 0.1) is 0 Å². The standard InChI is InChI=1S/C25H30BNO2Si/c1-24(2)25(3,4)29-26(28-24)19-11-13-21(14-12-19)27(20-9-7-6-8-10-20)22-15-17-23(30-5)18-16-22/h6-18H,30H2,1-5H3. The van der Waals surface area contributed by atoms with Crippen LogP contribution in [-0.4, -0.2) is 27.8 Å². The first-order chi connectivity index (χ1) is 14.3. The molecule has 0 unspecified atom stereocenters. The van der Waals surface area contributed by atoms with E-state index in [9.17, 15) is 0 Å². The van der Waals surface area contributed by atoms with Gasteiger partial charge in [0.15, 0.2) is 0 Å². The van der Waals surface area contributed by atoms with Gasteiger partial charge in [-0.15, -0.1) is 0 Å². The fourth-order valence-corrected chi connectivity index (χ4v) is 4.37. The molecule has 4 rings (SSSR count). The molecule has 1 saturated heterocycles. The monoisotopic (exact) mass is 415 g/mol. The molecule has 0 saturated carbocycles. The molecule has 0 atom stereocenters. The number of benzene rings is 3. The first-order valence-corrected chi connectivity index (χ1v) is 12.8. The van der Waals surface area contributed by atoms with Gasteiger partial charge in [-0.3, -0.25) is 0 Å². The SMILES string of the molecule is C[SiH2]c1ccc(N(c2ccccc2)c2ccc(B3OC(C)(C)C(C)(C)O3)cc2)cc1. The molecule has 30 heavy (non-hydrogen) atoms. The van der Waals surface area contributed by atoms with E-state index in [-0.39, 0.29) is 27.8 Å². The zero-order valence-corrected chi connectivity index (χ0v) is 20.0. The van der Waals surface area contributed by atoms with Gasteiger partial charge in [-0.05, 0) is 69.6 Å². The highest BCUT2D eigenvalue weighted by Gasteiger charge is 2.51. The second-order valence-corrected chi connectivity index (χ2v) is 10.4. The van der Waals surface area contributed by atoms with E-state index >= 15 is 0 Å². The molecule has 1 aliphatic heterocycles. The Morgan fingerprint density at radius 2 is 1.13 bits per heavy atom. The number of para-hydroxylation sites is 1. The van der Waals surface area contributed by atoms with Gasteiger partial charge in [0.25, 0.3) is 0 Å². The number of nitrogens with zero attached hydrogens (tertiary/aromatic N) is 1. The Morgan fingerprint density at radius 1 is 0.667 bits per heavy atom. The van der Waals surface area contributed by atoms with E-state index in [0.29, 0.717) is 0 Å². The summed E-state index contributed by atoms with van der Waals surface area (Å²) in [4.78, 5) is 2.29. The van der Waals surface area contributed by atoms with Crippen molar-refractivity contribution in [3.63, 3.8) is 0 Å². The van der Waals surface area contributed by atoms with Crippen LogP contribution in [0.5, 0.6) is 0 Å². The highest BCUT2D eigenvalue weighted by Crippen LogP contribution is 2.37. The Bertz CT molecular complexity index is 972. The predicted octanol–water partition coefficient (Wildman–Crippen LogP) is 4.30. The van der Waals surface area contributed by atoms with E-state index in [1.807, 2.05) is 0 Å². The average molecular weight is 415 g/mol. The lowest BCUT2D eigenvalue weighted by Crippen LogP contribution is -2.41. The van der Waals surface area contributed by atoms with Gasteiger partial charge in [0.1, 0.15) is 0 Å². The van der Waals surface area contributed by atoms with Crippen molar-refractivity contribution < 1.29 is 9.31 Å². The lowest BCUT2D eigenvalue weighted by molar-refractivity contribution is 0.00578. The van der Waals surface area contributed by atoms with Crippen molar-refractivity contribution in [1.82, 2.24) is 0 Å². The first-order valence-electron chi connectivity index (χ1n) is 10.7. The Balaban J connectivity index is 1.66. The Morgan fingerprint density at radius 3 is 1.63 bits per heavy atom. The first kappa shape index (κ1) is 20.9. The van der Waals surface area contributed by atoms with Gasteiger partial charge in [0.05, 0.1) is 20.7 Å². The maximum absolute atomic E-state index is 6.21. The Labute approximate surface area is 183 Å². The Kier molecular flexibility index (Phi) is 5.62. The summed E-state index contributed by atoms with van der Waals surface area (Å²) in [5.41, 5.74) is 3.78. The normalized spacial score (nSPS) is 17.6. The van der Waals surface area contributed by atoms with Gasteiger partial charge in [-0.25, -0.2) is 0 Å². The van der Waals surface area contributed by atoms with Gasteiger partial charge < -0.3 is 14.2 Å². The van der Waals surface area contributed by atoms with Gasteiger partial charge >= 0.3 is 7.12 Å². The summed E-state index contributed by atoms with van der Waals surface area (Å²) in [6.07, 6.45) is 0. The lowest BCUT2D eigenvalue weighted by Gasteiger charge is -2.32. The molecule has 154 valence electrons. The van der Waals surface area contributed by atoms with E-state index in [4.69, 9.17) is 9.31 Å². The quantitative estimate of drug-likeness (QED) is 0.580. The van der Waals surface area contributed by atoms with Gasteiger partial charge in [0.2, 0.25) is 0 Å². The zero-order chi connectivity index (χ0) is 21.4. The Hall–Kier alpha value is -2.34. The van der Waals surface area contributed by atoms with Crippen LogP contribution in [0.15, 0.2) is 78.9 Å². The third kappa shape index (κ3) is 3.97.